The molecular weight excluding hydrogens is 232 g/mol. The molecule has 0 amide bonds. The van der Waals surface area contributed by atoms with Gasteiger partial charge in [-0.05, 0) is 55.8 Å². The number of carbonyl (C=O) groups is 1. The Balaban J connectivity index is 4.15. The van der Waals surface area contributed by atoms with Crippen LogP contribution in [0.4, 0.5) is 0 Å². The number of hydrogen-bond acceptors (Lipinski definition) is 1. The first-order valence-electron chi connectivity index (χ1n) is 8.21. The Labute approximate surface area is 121 Å². The van der Waals surface area contributed by atoms with Crippen molar-refractivity contribution in [3.05, 3.63) is 0 Å². The summed E-state index contributed by atoms with van der Waals surface area (Å²) in [6.07, 6.45) is 5.98. The summed E-state index contributed by atoms with van der Waals surface area (Å²) in [6.45, 7) is 15.6. The molecule has 0 aliphatic carbocycles. The molecule has 0 aliphatic rings. The summed E-state index contributed by atoms with van der Waals surface area (Å²) in [5, 5.41) is 0. The molecule has 0 N–H and O–H groups in total. The van der Waals surface area contributed by atoms with E-state index >= 15 is 0 Å². The molecule has 0 bridgehead atoms. The molecular formula is C18H36O. The fourth-order valence-corrected chi connectivity index (χ4v) is 3.24. The first-order chi connectivity index (χ1) is 8.72. The van der Waals surface area contributed by atoms with Gasteiger partial charge in [-0.2, -0.15) is 0 Å². The van der Waals surface area contributed by atoms with Crippen molar-refractivity contribution in [3.8, 4) is 0 Å². The van der Waals surface area contributed by atoms with E-state index in [-0.39, 0.29) is 0 Å². The van der Waals surface area contributed by atoms with Crippen molar-refractivity contribution in [3.63, 3.8) is 0 Å². The van der Waals surface area contributed by atoms with E-state index in [1.54, 1.807) is 6.92 Å². The molecule has 0 spiro atoms. The molecule has 0 aromatic rings. The van der Waals surface area contributed by atoms with E-state index in [1.165, 1.54) is 25.7 Å². The van der Waals surface area contributed by atoms with Gasteiger partial charge in [-0.1, -0.05) is 48.0 Å². The lowest BCUT2D eigenvalue weighted by Gasteiger charge is -2.25. The van der Waals surface area contributed by atoms with Crippen LogP contribution in [-0.4, -0.2) is 5.78 Å². The second kappa shape index (κ2) is 9.55. The highest BCUT2D eigenvalue weighted by molar-refractivity contribution is 5.75. The second-order valence-corrected chi connectivity index (χ2v) is 7.56. The molecule has 0 aromatic carbocycles. The highest BCUT2D eigenvalue weighted by atomic mass is 16.1. The van der Waals surface area contributed by atoms with E-state index in [9.17, 15) is 4.79 Å². The van der Waals surface area contributed by atoms with E-state index < -0.39 is 0 Å². The van der Waals surface area contributed by atoms with Crippen molar-refractivity contribution >= 4 is 5.78 Å². The molecule has 0 heterocycles. The average Bonchev–Trinajstić information content (AvgIpc) is 2.21. The zero-order chi connectivity index (χ0) is 15.0. The minimum Gasteiger partial charge on any atom is -0.300 e. The van der Waals surface area contributed by atoms with E-state index in [1.807, 2.05) is 0 Å². The van der Waals surface area contributed by atoms with Gasteiger partial charge in [0.1, 0.15) is 5.78 Å². The summed E-state index contributed by atoms with van der Waals surface area (Å²) in [4.78, 5) is 11.2. The predicted molar refractivity (Wildman–Crippen MR) is 85.3 cm³/mol. The smallest absolute Gasteiger partial charge is 0.130 e. The van der Waals surface area contributed by atoms with Gasteiger partial charge in [0.2, 0.25) is 0 Å². The third-order valence-electron chi connectivity index (χ3n) is 4.19. The molecule has 0 rings (SSSR count). The Kier molecular flexibility index (Phi) is 9.39. The minimum absolute atomic E-state index is 0.336. The monoisotopic (exact) mass is 268 g/mol. The Morgan fingerprint density at radius 2 is 1.42 bits per heavy atom. The lowest BCUT2D eigenvalue weighted by Crippen LogP contribution is -2.16. The van der Waals surface area contributed by atoms with Crippen molar-refractivity contribution in [2.24, 2.45) is 29.6 Å². The maximum absolute atomic E-state index is 11.2. The average molecular weight is 268 g/mol. The van der Waals surface area contributed by atoms with E-state index in [0.717, 1.165) is 30.1 Å². The molecule has 3 unspecified atom stereocenters. The Hall–Kier alpha value is -0.330. The molecule has 0 fully saturated rings. The van der Waals surface area contributed by atoms with E-state index in [0.29, 0.717) is 11.7 Å². The first kappa shape index (κ1) is 18.7. The summed E-state index contributed by atoms with van der Waals surface area (Å²) in [7, 11) is 0. The van der Waals surface area contributed by atoms with Crippen molar-refractivity contribution in [1.82, 2.24) is 0 Å². The molecule has 114 valence electrons. The molecule has 3 atom stereocenters. The van der Waals surface area contributed by atoms with Gasteiger partial charge in [-0.3, -0.25) is 0 Å². The Morgan fingerprint density at radius 3 is 1.84 bits per heavy atom. The largest absolute Gasteiger partial charge is 0.300 e. The standard InChI is InChI=1S/C18H36O/c1-13(2)10-15(5)8-9-18(14(3)4)12-16(6)11-17(7)19/h13-16,18H,8-12H2,1-7H3. The Morgan fingerprint density at radius 1 is 0.842 bits per heavy atom. The fraction of sp³-hybridized carbons (Fsp3) is 0.944. The number of ketones is 1. The molecule has 0 radical (unpaired) electrons. The normalized spacial score (nSPS) is 16.7. The van der Waals surface area contributed by atoms with Gasteiger partial charge in [0.25, 0.3) is 0 Å². The zero-order valence-corrected chi connectivity index (χ0v) is 14.3. The molecule has 1 heteroatoms. The van der Waals surface area contributed by atoms with Gasteiger partial charge in [0.05, 0.1) is 0 Å². The van der Waals surface area contributed by atoms with Crippen LogP contribution in [0.5, 0.6) is 0 Å². The third-order valence-corrected chi connectivity index (χ3v) is 4.19. The van der Waals surface area contributed by atoms with Crippen LogP contribution in [-0.2, 0) is 4.79 Å². The molecule has 0 saturated heterocycles. The summed E-state index contributed by atoms with van der Waals surface area (Å²) >= 11 is 0. The summed E-state index contributed by atoms with van der Waals surface area (Å²) in [6, 6.07) is 0. The number of Topliss-reactive ketones (excluding diaryl/α,β-unsaturated/α-hetero) is 1. The van der Waals surface area contributed by atoms with Crippen LogP contribution < -0.4 is 0 Å². The van der Waals surface area contributed by atoms with Gasteiger partial charge >= 0.3 is 0 Å². The van der Waals surface area contributed by atoms with Gasteiger partial charge in [-0.25, -0.2) is 0 Å². The second-order valence-electron chi connectivity index (χ2n) is 7.56. The number of rotatable bonds is 10. The number of hydrogen-bond donors (Lipinski definition) is 0. The maximum atomic E-state index is 11.2. The first-order valence-corrected chi connectivity index (χ1v) is 8.21. The van der Waals surface area contributed by atoms with Gasteiger partial charge in [0, 0.05) is 6.42 Å². The van der Waals surface area contributed by atoms with Crippen LogP contribution in [0.15, 0.2) is 0 Å². The number of carbonyl (C=O) groups excluding carboxylic acids is 1. The van der Waals surface area contributed by atoms with Crippen LogP contribution >= 0.6 is 0 Å². The quantitative estimate of drug-likeness (QED) is 0.495. The molecule has 0 saturated carbocycles. The highest BCUT2D eigenvalue weighted by Gasteiger charge is 2.19. The van der Waals surface area contributed by atoms with Crippen molar-refractivity contribution in [2.75, 3.05) is 0 Å². The van der Waals surface area contributed by atoms with Gasteiger partial charge < -0.3 is 4.79 Å². The van der Waals surface area contributed by atoms with Crippen molar-refractivity contribution in [2.45, 2.75) is 80.6 Å². The lowest BCUT2D eigenvalue weighted by molar-refractivity contribution is -0.117. The molecule has 1 nitrogen and oxygen atoms in total. The summed E-state index contributed by atoms with van der Waals surface area (Å²) < 4.78 is 0. The van der Waals surface area contributed by atoms with E-state index in [2.05, 4.69) is 41.5 Å². The lowest BCUT2D eigenvalue weighted by atomic mass is 9.80. The van der Waals surface area contributed by atoms with Crippen molar-refractivity contribution < 1.29 is 4.79 Å². The summed E-state index contributed by atoms with van der Waals surface area (Å²) in [5.41, 5.74) is 0. The predicted octanol–water partition coefficient (Wildman–Crippen LogP) is 5.73. The van der Waals surface area contributed by atoms with Crippen LogP contribution in [0.1, 0.15) is 80.6 Å². The SMILES string of the molecule is CC(=O)CC(C)CC(CCC(C)CC(C)C)C(C)C. The summed E-state index contributed by atoms with van der Waals surface area (Å²) in [5.74, 6) is 4.05. The van der Waals surface area contributed by atoms with Gasteiger partial charge in [0.15, 0.2) is 0 Å². The molecule has 0 aromatic heterocycles. The van der Waals surface area contributed by atoms with Crippen LogP contribution in [0.3, 0.4) is 0 Å². The maximum Gasteiger partial charge on any atom is 0.130 e. The molecule has 0 aliphatic heterocycles. The Bertz CT molecular complexity index is 242. The van der Waals surface area contributed by atoms with E-state index in [4.69, 9.17) is 0 Å². The zero-order valence-electron chi connectivity index (χ0n) is 14.3. The van der Waals surface area contributed by atoms with Crippen LogP contribution in [0.25, 0.3) is 0 Å². The minimum atomic E-state index is 0.336. The molecule has 19 heavy (non-hydrogen) atoms. The fourth-order valence-electron chi connectivity index (χ4n) is 3.24. The van der Waals surface area contributed by atoms with Crippen molar-refractivity contribution in [1.29, 1.82) is 0 Å². The third kappa shape index (κ3) is 10.2. The highest BCUT2D eigenvalue weighted by Crippen LogP contribution is 2.29. The van der Waals surface area contributed by atoms with Gasteiger partial charge in [-0.15, -0.1) is 0 Å². The van der Waals surface area contributed by atoms with Crippen LogP contribution in [0.2, 0.25) is 0 Å². The van der Waals surface area contributed by atoms with Crippen LogP contribution in [0, 0.1) is 29.6 Å². The topological polar surface area (TPSA) is 17.1 Å².